The first-order valence-electron chi connectivity index (χ1n) is 8.76. The highest BCUT2D eigenvalue weighted by Crippen LogP contribution is 2.56. The van der Waals surface area contributed by atoms with Crippen LogP contribution in [0, 0.1) is 23.2 Å². The van der Waals surface area contributed by atoms with E-state index in [2.05, 4.69) is 12.0 Å². The first-order valence-corrected chi connectivity index (χ1v) is 8.76. The summed E-state index contributed by atoms with van der Waals surface area (Å²) in [6.07, 6.45) is 11.4. The average molecular weight is 312 g/mol. The summed E-state index contributed by atoms with van der Waals surface area (Å²) >= 11 is 0. The number of amides is 1. The molecular formula is C19H24N2O2. The van der Waals surface area contributed by atoms with Gasteiger partial charge in [0.2, 0.25) is 0 Å². The van der Waals surface area contributed by atoms with E-state index in [0.29, 0.717) is 18.3 Å². The second kappa shape index (κ2) is 5.15. The summed E-state index contributed by atoms with van der Waals surface area (Å²) in [4.78, 5) is 25.4. The molecule has 2 bridgehead atoms. The SMILES string of the molecule is CC1=NN(CC(=O)C2=CC=CC2)C(=O)C1(C)[C@H]1CC2CCC1C2. The van der Waals surface area contributed by atoms with Crippen LogP contribution < -0.4 is 0 Å². The van der Waals surface area contributed by atoms with E-state index in [9.17, 15) is 9.59 Å². The van der Waals surface area contributed by atoms with Gasteiger partial charge in [0.15, 0.2) is 5.78 Å². The van der Waals surface area contributed by atoms with E-state index in [1.165, 1.54) is 24.3 Å². The molecule has 3 aliphatic carbocycles. The van der Waals surface area contributed by atoms with Crippen LogP contribution >= 0.6 is 0 Å². The molecule has 1 heterocycles. The summed E-state index contributed by atoms with van der Waals surface area (Å²) in [7, 11) is 0. The Morgan fingerprint density at radius 1 is 1.39 bits per heavy atom. The molecule has 0 aromatic heterocycles. The van der Waals surface area contributed by atoms with E-state index in [4.69, 9.17) is 0 Å². The first-order chi connectivity index (χ1) is 11.0. The Labute approximate surface area is 137 Å². The van der Waals surface area contributed by atoms with Crippen LogP contribution in [0.2, 0.25) is 0 Å². The van der Waals surface area contributed by atoms with Crippen molar-refractivity contribution >= 4 is 17.4 Å². The minimum absolute atomic E-state index is 0.0112. The lowest BCUT2D eigenvalue weighted by Gasteiger charge is -2.35. The smallest absolute Gasteiger partial charge is 0.255 e. The summed E-state index contributed by atoms with van der Waals surface area (Å²) < 4.78 is 0. The predicted octanol–water partition coefficient (Wildman–Crippen LogP) is 3.10. The maximum atomic E-state index is 13.1. The minimum atomic E-state index is -0.498. The van der Waals surface area contributed by atoms with E-state index in [1.807, 2.05) is 25.2 Å². The third-order valence-electron chi connectivity index (χ3n) is 6.60. The van der Waals surface area contributed by atoms with Crippen molar-refractivity contribution in [1.29, 1.82) is 0 Å². The zero-order valence-corrected chi connectivity index (χ0v) is 13.9. The number of fused-ring (bicyclic) bond motifs is 2. The molecule has 1 aliphatic heterocycles. The minimum Gasteiger partial charge on any atom is -0.292 e. The number of carbonyl (C=O) groups is 2. The Morgan fingerprint density at radius 2 is 2.22 bits per heavy atom. The van der Waals surface area contributed by atoms with Crippen molar-refractivity contribution < 1.29 is 9.59 Å². The lowest BCUT2D eigenvalue weighted by molar-refractivity contribution is -0.140. The number of ketones is 1. The van der Waals surface area contributed by atoms with E-state index in [1.54, 1.807) is 0 Å². The van der Waals surface area contributed by atoms with Crippen LogP contribution in [-0.2, 0) is 9.59 Å². The zero-order chi connectivity index (χ0) is 16.2. The van der Waals surface area contributed by atoms with Gasteiger partial charge in [-0.3, -0.25) is 9.59 Å². The second-order valence-electron chi connectivity index (χ2n) is 7.78. The molecule has 1 amide bonds. The van der Waals surface area contributed by atoms with Crippen LogP contribution in [0.5, 0.6) is 0 Å². The second-order valence-corrected chi connectivity index (χ2v) is 7.78. The molecule has 0 spiro atoms. The van der Waals surface area contributed by atoms with Gasteiger partial charge in [-0.05, 0) is 57.3 Å². The number of nitrogens with zero attached hydrogens (tertiary/aromatic N) is 2. The van der Waals surface area contributed by atoms with Crippen molar-refractivity contribution in [3.05, 3.63) is 23.8 Å². The van der Waals surface area contributed by atoms with Gasteiger partial charge in [-0.2, -0.15) is 5.10 Å². The van der Waals surface area contributed by atoms with Gasteiger partial charge in [0.25, 0.3) is 5.91 Å². The molecule has 0 saturated heterocycles. The molecule has 0 aromatic rings. The molecule has 23 heavy (non-hydrogen) atoms. The Morgan fingerprint density at radius 3 is 2.83 bits per heavy atom. The molecule has 122 valence electrons. The van der Waals surface area contributed by atoms with Gasteiger partial charge in [0.05, 0.1) is 11.1 Å². The number of carbonyl (C=O) groups excluding carboxylic acids is 2. The maximum Gasteiger partial charge on any atom is 0.255 e. The number of rotatable bonds is 4. The molecule has 4 rings (SSSR count). The predicted molar refractivity (Wildman–Crippen MR) is 88.7 cm³/mol. The fourth-order valence-corrected chi connectivity index (χ4v) is 5.13. The maximum absolute atomic E-state index is 13.1. The van der Waals surface area contributed by atoms with E-state index in [-0.39, 0.29) is 18.2 Å². The molecule has 0 aromatic carbocycles. The molecule has 3 unspecified atom stereocenters. The molecule has 2 fully saturated rings. The number of hydrazone groups is 1. The molecule has 4 heteroatoms. The number of Topliss-reactive ketones (excluding diaryl/α,β-unsaturated/α-hetero) is 1. The number of hydrogen-bond donors (Lipinski definition) is 0. The monoisotopic (exact) mass is 312 g/mol. The van der Waals surface area contributed by atoms with Crippen molar-refractivity contribution in [2.24, 2.45) is 28.3 Å². The summed E-state index contributed by atoms with van der Waals surface area (Å²) in [6.45, 7) is 4.10. The lowest BCUT2D eigenvalue weighted by atomic mass is 9.66. The van der Waals surface area contributed by atoms with Gasteiger partial charge in [-0.25, -0.2) is 5.01 Å². The molecule has 2 saturated carbocycles. The van der Waals surface area contributed by atoms with Crippen LogP contribution in [0.15, 0.2) is 28.9 Å². The van der Waals surface area contributed by atoms with Gasteiger partial charge < -0.3 is 0 Å². The largest absolute Gasteiger partial charge is 0.292 e. The molecule has 4 aliphatic rings. The van der Waals surface area contributed by atoms with Crippen LogP contribution in [-0.4, -0.2) is 29.0 Å². The molecule has 0 radical (unpaired) electrons. The number of hydrogen-bond acceptors (Lipinski definition) is 3. The van der Waals surface area contributed by atoms with Gasteiger partial charge >= 0.3 is 0 Å². The topological polar surface area (TPSA) is 49.7 Å². The van der Waals surface area contributed by atoms with Crippen LogP contribution in [0.1, 0.15) is 46.0 Å². The van der Waals surface area contributed by atoms with E-state index in [0.717, 1.165) is 23.6 Å². The van der Waals surface area contributed by atoms with Gasteiger partial charge in [0, 0.05) is 5.57 Å². The van der Waals surface area contributed by atoms with Crippen molar-refractivity contribution in [1.82, 2.24) is 5.01 Å². The van der Waals surface area contributed by atoms with Crippen LogP contribution in [0.4, 0.5) is 0 Å². The summed E-state index contributed by atoms with van der Waals surface area (Å²) in [5.41, 5.74) is 1.17. The van der Waals surface area contributed by atoms with E-state index >= 15 is 0 Å². The van der Waals surface area contributed by atoms with Gasteiger partial charge in [-0.1, -0.05) is 24.6 Å². The number of allylic oxidation sites excluding steroid dienone is 3. The summed E-state index contributed by atoms with van der Waals surface area (Å²) in [6, 6.07) is 0. The van der Waals surface area contributed by atoms with Crippen molar-refractivity contribution in [3.63, 3.8) is 0 Å². The fraction of sp³-hybridized carbons (Fsp3) is 0.632. The quantitative estimate of drug-likeness (QED) is 0.801. The van der Waals surface area contributed by atoms with Crippen molar-refractivity contribution in [3.8, 4) is 0 Å². The third kappa shape index (κ3) is 2.14. The highest BCUT2D eigenvalue weighted by Gasteiger charge is 2.57. The highest BCUT2D eigenvalue weighted by molar-refractivity contribution is 6.12. The van der Waals surface area contributed by atoms with Crippen LogP contribution in [0.3, 0.4) is 0 Å². The van der Waals surface area contributed by atoms with Crippen molar-refractivity contribution in [2.75, 3.05) is 6.54 Å². The Hall–Kier alpha value is -1.71. The zero-order valence-electron chi connectivity index (χ0n) is 13.9. The Bertz CT molecular complexity index is 660. The van der Waals surface area contributed by atoms with Crippen LogP contribution in [0.25, 0.3) is 0 Å². The first kappa shape index (κ1) is 14.9. The molecule has 0 N–H and O–H groups in total. The van der Waals surface area contributed by atoms with Gasteiger partial charge in [-0.15, -0.1) is 0 Å². The summed E-state index contributed by atoms with van der Waals surface area (Å²) in [5.74, 6) is 1.92. The molecular weight excluding hydrogens is 288 g/mol. The normalized spacial score (nSPS) is 38.4. The van der Waals surface area contributed by atoms with Crippen molar-refractivity contribution in [2.45, 2.75) is 46.0 Å². The lowest BCUT2D eigenvalue weighted by Crippen LogP contribution is -2.45. The average Bonchev–Trinajstić information content (AvgIpc) is 3.30. The van der Waals surface area contributed by atoms with E-state index < -0.39 is 5.41 Å². The van der Waals surface area contributed by atoms with Gasteiger partial charge in [0.1, 0.15) is 6.54 Å². The molecule has 4 nitrogen and oxygen atoms in total. The fourth-order valence-electron chi connectivity index (χ4n) is 5.13. The standard InChI is InChI=1S/C19H24N2O2/c1-12-19(2,16-10-13-7-8-15(16)9-13)18(23)21(20-12)11-17(22)14-5-3-4-6-14/h3-5,13,15-16H,6-11H2,1-2H3/t13?,15?,16-,19?/m0/s1. The molecule has 4 atom stereocenters. The highest BCUT2D eigenvalue weighted by atomic mass is 16.2. The Balaban J connectivity index is 1.52. The Kier molecular flexibility index (Phi) is 3.33. The summed E-state index contributed by atoms with van der Waals surface area (Å²) in [5, 5.41) is 5.93. The third-order valence-corrected chi connectivity index (χ3v) is 6.60.